The van der Waals surface area contributed by atoms with Crippen molar-refractivity contribution in [3.05, 3.63) is 0 Å². The van der Waals surface area contributed by atoms with Gasteiger partial charge in [0.2, 0.25) is 0 Å². The van der Waals surface area contributed by atoms with Crippen molar-refractivity contribution in [2.24, 2.45) is 23.7 Å². The molecular weight excluding hydrogens is 343 g/mol. The van der Waals surface area contributed by atoms with Crippen LogP contribution in [0.1, 0.15) is 107 Å². The summed E-state index contributed by atoms with van der Waals surface area (Å²) in [4.78, 5) is 0. The van der Waals surface area contributed by atoms with Crippen molar-refractivity contribution in [1.29, 1.82) is 0 Å². The van der Waals surface area contributed by atoms with E-state index in [0.29, 0.717) is 23.7 Å². The highest BCUT2D eigenvalue weighted by Crippen LogP contribution is 2.35. The predicted molar refractivity (Wildman–Crippen MR) is 115 cm³/mol. The van der Waals surface area contributed by atoms with Crippen LogP contribution in [0, 0.1) is 23.7 Å². The van der Waals surface area contributed by atoms with Crippen LogP contribution in [0.15, 0.2) is 0 Å². The predicted octanol–water partition coefficient (Wildman–Crippen LogP) is 7.89. The topological polar surface area (TPSA) is 35.5 Å². The smallest absolute Gasteiger partial charge is 0.307 e. The zero-order valence-corrected chi connectivity index (χ0v) is 19.8. The molecule has 4 heteroatoms. The highest BCUT2D eigenvalue weighted by molar-refractivity contribution is 7.33. The van der Waals surface area contributed by atoms with Crippen LogP contribution in [0.3, 0.4) is 0 Å². The number of hydrogen-bond acceptors (Lipinski definition) is 3. The summed E-state index contributed by atoms with van der Waals surface area (Å²) in [5, 5.41) is 0. The minimum absolute atomic E-state index is 0.0713. The molecule has 26 heavy (non-hydrogen) atoms. The van der Waals surface area contributed by atoms with Crippen LogP contribution in [0.2, 0.25) is 0 Å². The van der Waals surface area contributed by atoms with Gasteiger partial charge in [0.15, 0.2) is 0 Å². The third-order valence-corrected chi connectivity index (χ3v) is 5.84. The van der Waals surface area contributed by atoms with E-state index in [2.05, 4.69) is 55.4 Å². The second-order valence-electron chi connectivity index (χ2n) is 9.61. The molecule has 0 aliphatic heterocycles. The average molecular weight is 391 g/mol. The van der Waals surface area contributed by atoms with Gasteiger partial charge in [0.05, 0.1) is 12.2 Å². The first-order valence-electron chi connectivity index (χ1n) is 11.0. The maximum atomic E-state index is 12.6. The van der Waals surface area contributed by atoms with Gasteiger partial charge in [0.1, 0.15) is 0 Å². The van der Waals surface area contributed by atoms with Gasteiger partial charge < -0.3 is 9.05 Å². The van der Waals surface area contributed by atoms with Crippen molar-refractivity contribution in [2.75, 3.05) is 0 Å². The quantitative estimate of drug-likeness (QED) is 0.251. The Morgan fingerprint density at radius 2 is 0.731 bits per heavy atom. The van der Waals surface area contributed by atoms with Gasteiger partial charge in [-0.15, -0.1) is 0 Å². The third-order valence-electron chi connectivity index (χ3n) is 4.79. The molecule has 0 heterocycles. The van der Waals surface area contributed by atoms with Gasteiger partial charge in [-0.25, -0.2) is 0 Å². The molecule has 0 aliphatic rings. The van der Waals surface area contributed by atoms with Crippen LogP contribution in [0.5, 0.6) is 0 Å². The molecule has 0 atom stereocenters. The highest BCUT2D eigenvalue weighted by atomic mass is 31.1. The summed E-state index contributed by atoms with van der Waals surface area (Å²) in [6, 6.07) is 0. The molecule has 0 bridgehead atoms. The standard InChI is InChI=1S/C22H47O3P/c1-17(2)9-13-21(14-10-18(3)4)24-26(23)25-22(15-11-19(5)6)16-12-20(7)8/h17-22,26H,9-16H2,1-8H3. The molecule has 0 saturated carbocycles. The lowest BCUT2D eigenvalue weighted by atomic mass is 9.99. The Kier molecular flexibility index (Phi) is 15.2. The van der Waals surface area contributed by atoms with E-state index in [9.17, 15) is 4.57 Å². The normalized spacial score (nSPS) is 12.9. The molecule has 3 nitrogen and oxygen atoms in total. The summed E-state index contributed by atoms with van der Waals surface area (Å²) in [6.45, 7) is 17.8. The molecule has 0 radical (unpaired) electrons. The van der Waals surface area contributed by atoms with Gasteiger partial charge in [0, 0.05) is 0 Å². The summed E-state index contributed by atoms with van der Waals surface area (Å²) in [6.07, 6.45) is 8.51. The molecule has 0 aromatic heterocycles. The summed E-state index contributed by atoms with van der Waals surface area (Å²) in [7, 11) is -2.43. The minimum atomic E-state index is -2.43. The lowest BCUT2D eigenvalue weighted by molar-refractivity contribution is 0.101. The van der Waals surface area contributed by atoms with Gasteiger partial charge in [-0.1, -0.05) is 55.4 Å². The van der Waals surface area contributed by atoms with Crippen LogP contribution in [0.4, 0.5) is 0 Å². The molecule has 0 rings (SSSR count). The second kappa shape index (κ2) is 15.1. The molecule has 158 valence electrons. The van der Waals surface area contributed by atoms with Gasteiger partial charge in [-0.05, 0) is 75.0 Å². The number of rotatable bonds is 16. The van der Waals surface area contributed by atoms with Gasteiger partial charge >= 0.3 is 8.25 Å². The van der Waals surface area contributed by atoms with E-state index in [1.165, 1.54) is 0 Å². The minimum Gasteiger partial charge on any atom is -0.307 e. The van der Waals surface area contributed by atoms with Crippen LogP contribution in [0.25, 0.3) is 0 Å². The van der Waals surface area contributed by atoms with E-state index in [4.69, 9.17) is 9.05 Å². The van der Waals surface area contributed by atoms with Crippen molar-refractivity contribution >= 4 is 8.25 Å². The maximum absolute atomic E-state index is 12.6. The van der Waals surface area contributed by atoms with E-state index in [0.717, 1.165) is 51.4 Å². The van der Waals surface area contributed by atoms with E-state index in [-0.39, 0.29) is 12.2 Å². The molecule has 0 aromatic rings. The lowest BCUT2D eigenvalue weighted by Gasteiger charge is -2.23. The molecule has 0 amide bonds. The fraction of sp³-hybridized carbons (Fsp3) is 1.00. The van der Waals surface area contributed by atoms with Crippen molar-refractivity contribution in [2.45, 2.75) is 119 Å². The van der Waals surface area contributed by atoms with Gasteiger partial charge in [0.25, 0.3) is 0 Å². The molecule has 0 spiro atoms. The summed E-state index contributed by atoms with van der Waals surface area (Å²) in [5.74, 6) is 2.59. The Hall–Kier alpha value is 0.150. The zero-order chi connectivity index (χ0) is 20.1. The Morgan fingerprint density at radius 3 is 0.923 bits per heavy atom. The molecule has 0 fully saturated rings. The molecule has 0 N–H and O–H groups in total. The molecule has 0 saturated heterocycles. The fourth-order valence-electron chi connectivity index (χ4n) is 2.90. The second-order valence-corrected chi connectivity index (χ2v) is 10.6. The zero-order valence-electron chi connectivity index (χ0n) is 18.8. The van der Waals surface area contributed by atoms with Gasteiger partial charge in [-0.3, -0.25) is 4.57 Å². The first kappa shape index (κ1) is 26.1. The van der Waals surface area contributed by atoms with E-state index >= 15 is 0 Å². The van der Waals surface area contributed by atoms with Crippen LogP contribution in [-0.2, 0) is 13.6 Å². The average Bonchev–Trinajstić information content (AvgIpc) is 2.52. The maximum Gasteiger partial charge on any atom is 0.319 e. The fourth-order valence-corrected chi connectivity index (χ4v) is 3.97. The Morgan fingerprint density at radius 1 is 0.500 bits per heavy atom. The Bertz CT molecular complexity index is 297. The first-order chi connectivity index (χ1) is 12.1. The Labute approximate surface area is 165 Å². The third kappa shape index (κ3) is 16.3. The van der Waals surface area contributed by atoms with Crippen molar-refractivity contribution in [3.8, 4) is 0 Å². The van der Waals surface area contributed by atoms with Crippen LogP contribution >= 0.6 is 8.25 Å². The highest BCUT2D eigenvalue weighted by Gasteiger charge is 2.19. The number of hydrogen-bond donors (Lipinski definition) is 0. The van der Waals surface area contributed by atoms with E-state index < -0.39 is 8.25 Å². The summed E-state index contributed by atoms with van der Waals surface area (Å²) in [5.41, 5.74) is 0. The van der Waals surface area contributed by atoms with Gasteiger partial charge in [-0.2, -0.15) is 0 Å². The molecule has 0 aromatic carbocycles. The summed E-state index contributed by atoms with van der Waals surface area (Å²) >= 11 is 0. The Balaban J connectivity index is 4.60. The van der Waals surface area contributed by atoms with Crippen molar-refractivity contribution < 1.29 is 13.6 Å². The SMILES string of the molecule is CC(C)CCC(CCC(C)C)O[PH](=O)OC(CCC(C)C)CCC(C)C. The molecular formula is C22H47O3P. The lowest BCUT2D eigenvalue weighted by Crippen LogP contribution is -2.15. The largest absolute Gasteiger partial charge is 0.319 e. The van der Waals surface area contributed by atoms with E-state index in [1.54, 1.807) is 0 Å². The molecule has 0 unspecified atom stereocenters. The molecule has 0 aliphatic carbocycles. The van der Waals surface area contributed by atoms with E-state index in [1.807, 2.05) is 0 Å². The van der Waals surface area contributed by atoms with Crippen molar-refractivity contribution in [3.63, 3.8) is 0 Å². The van der Waals surface area contributed by atoms with Crippen molar-refractivity contribution in [1.82, 2.24) is 0 Å². The van der Waals surface area contributed by atoms with Crippen LogP contribution in [-0.4, -0.2) is 12.2 Å². The first-order valence-corrected chi connectivity index (χ1v) is 12.2. The monoisotopic (exact) mass is 390 g/mol. The van der Waals surface area contributed by atoms with Crippen LogP contribution < -0.4 is 0 Å². The summed E-state index contributed by atoms with van der Waals surface area (Å²) < 4.78 is 24.4.